The predicted octanol–water partition coefficient (Wildman–Crippen LogP) is 0.459. The number of aromatic amines is 1. The summed E-state index contributed by atoms with van der Waals surface area (Å²) in [6.45, 7) is 3.36. The lowest BCUT2D eigenvalue weighted by Gasteiger charge is -2.09. The highest BCUT2D eigenvalue weighted by molar-refractivity contribution is 7.92. The summed E-state index contributed by atoms with van der Waals surface area (Å²) in [7, 11) is -3.33. The van der Waals surface area contributed by atoms with Crippen LogP contribution >= 0.6 is 0 Å². The number of benzene rings is 1. The molecule has 0 radical (unpaired) electrons. The van der Waals surface area contributed by atoms with Crippen molar-refractivity contribution in [1.82, 2.24) is 24.9 Å². The molecule has 0 aliphatic rings. The van der Waals surface area contributed by atoms with Crippen molar-refractivity contribution in [3.05, 3.63) is 58.4 Å². The van der Waals surface area contributed by atoms with Crippen molar-refractivity contribution in [2.24, 2.45) is 0 Å². The first-order valence-electron chi connectivity index (χ1n) is 8.30. The van der Waals surface area contributed by atoms with Crippen molar-refractivity contribution >= 4 is 21.4 Å². The molecule has 0 saturated carbocycles. The van der Waals surface area contributed by atoms with Gasteiger partial charge < -0.3 is 10.3 Å². The van der Waals surface area contributed by atoms with Crippen LogP contribution in [0.25, 0.3) is 5.65 Å². The lowest BCUT2D eigenvalue weighted by molar-refractivity contribution is -0.120. The fraction of sp³-hybridized carbons (Fsp3) is 0.294. The second kappa shape index (κ2) is 7.31. The Hall–Kier alpha value is -3.01. The van der Waals surface area contributed by atoms with Gasteiger partial charge in [-0.15, -0.1) is 10.2 Å². The van der Waals surface area contributed by atoms with E-state index in [2.05, 4.69) is 20.5 Å². The first kappa shape index (κ1) is 18.8. The number of sulfone groups is 1. The van der Waals surface area contributed by atoms with Crippen molar-refractivity contribution in [3.63, 3.8) is 0 Å². The second-order valence-corrected chi connectivity index (χ2v) is 8.79. The fourth-order valence-electron chi connectivity index (χ4n) is 2.50. The van der Waals surface area contributed by atoms with Crippen LogP contribution in [0.3, 0.4) is 0 Å². The molecule has 0 bridgehead atoms. The van der Waals surface area contributed by atoms with Crippen LogP contribution in [-0.2, 0) is 27.6 Å². The molecule has 2 heterocycles. The van der Waals surface area contributed by atoms with Crippen molar-refractivity contribution < 1.29 is 13.2 Å². The van der Waals surface area contributed by atoms with Gasteiger partial charge in [0.05, 0.1) is 23.1 Å². The zero-order chi connectivity index (χ0) is 19.6. The zero-order valence-corrected chi connectivity index (χ0v) is 15.7. The van der Waals surface area contributed by atoms with Crippen molar-refractivity contribution in [2.75, 3.05) is 0 Å². The number of carbonyl (C=O) groups is 1. The minimum Gasteiger partial charge on any atom is -0.348 e. The predicted molar refractivity (Wildman–Crippen MR) is 97.9 cm³/mol. The summed E-state index contributed by atoms with van der Waals surface area (Å²) in [4.78, 5) is 26.5. The molecule has 1 aromatic carbocycles. The van der Waals surface area contributed by atoms with Gasteiger partial charge in [0, 0.05) is 12.4 Å². The van der Waals surface area contributed by atoms with Gasteiger partial charge in [-0.1, -0.05) is 12.1 Å². The summed E-state index contributed by atoms with van der Waals surface area (Å²) in [5.41, 5.74) is 0.487. The van der Waals surface area contributed by atoms with E-state index < -0.39 is 15.1 Å². The summed E-state index contributed by atoms with van der Waals surface area (Å²) >= 11 is 0. The molecule has 27 heavy (non-hydrogen) atoms. The van der Waals surface area contributed by atoms with E-state index in [0.717, 1.165) is 0 Å². The number of carbonyl (C=O) groups excluding carboxylic acids is 1. The van der Waals surface area contributed by atoms with Crippen LogP contribution in [0.2, 0.25) is 0 Å². The van der Waals surface area contributed by atoms with E-state index in [9.17, 15) is 18.0 Å². The molecule has 2 aromatic heterocycles. The molecule has 3 aromatic rings. The van der Waals surface area contributed by atoms with E-state index in [4.69, 9.17) is 0 Å². The minimum absolute atomic E-state index is 0.0966. The SMILES string of the molecule is CC(C)S(=O)(=O)c1ccc(CC(=O)NCc2nnc3c(=O)[nH]ccn23)cc1. The van der Waals surface area contributed by atoms with Gasteiger partial charge in [-0.25, -0.2) is 8.42 Å². The highest BCUT2D eigenvalue weighted by Gasteiger charge is 2.19. The molecule has 0 aliphatic carbocycles. The maximum absolute atomic E-state index is 12.1. The van der Waals surface area contributed by atoms with Gasteiger partial charge in [-0.2, -0.15) is 0 Å². The third-order valence-corrected chi connectivity index (χ3v) is 6.26. The van der Waals surface area contributed by atoms with E-state index in [0.29, 0.717) is 11.4 Å². The van der Waals surface area contributed by atoms with Crippen LogP contribution in [0.4, 0.5) is 0 Å². The highest BCUT2D eigenvalue weighted by atomic mass is 32.2. The standard InChI is InChI=1S/C17H19N5O4S/c1-11(2)27(25,26)13-5-3-12(4-6-13)9-15(23)19-10-14-20-21-16-17(24)18-7-8-22(14)16/h3-8,11H,9-10H2,1-2H3,(H,18,24)(H,19,23). The van der Waals surface area contributed by atoms with Gasteiger partial charge in [0.15, 0.2) is 15.7 Å². The summed E-state index contributed by atoms with van der Waals surface area (Å²) < 4.78 is 25.7. The number of H-pyrrole nitrogens is 1. The summed E-state index contributed by atoms with van der Waals surface area (Å²) in [5.74, 6) is 0.180. The van der Waals surface area contributed by atoms with Crippen LogP contribution in [-0.4, -0.2) is 39.2 Å². The summed E-state index contributed by atoms with van der Waals surface area (Å²) in [6.07, 6.45) is 3.17. The molecule has 0 fully saturated rings. The number of rotatable bonds is 6. The number of fused-ring (bicyclic) bond motifs is 1. The first-order valence-corrected chi connectivity index (χ1v) is 9.84. The first-order chi connectivity index (χ1) is 12.8. The molecule has 9 nitrogen and oxygen atoms in total. The summed E-state index contributed by atoms with van der Waals surface area (Å²) in [6, 6.07) is 6.27. The number of amides is 1. The fourth-order valence-corrected chi connectivity index (χ4v) is 3.56. The number of hydrogen-bond donors (Lipinski definition) is 2. The molecule has 0 saturated heterocycles. The highest BCUT2D eigenvalue weighted by Crippen LogP contribution is 2.16. The monoisotopic (exact) mass is 389 g/mol. The van der Waals surface area contributed by atoms with Gasteiger partial charge >= 0.3 is 0 Å². The van der Waals surface area contributed by atoms with Gasteiger partial charge in [0.1, 0.15) is 0 Å². The van der Waals surface area contributed by atoms with Gasteiger partial charge in [-0.05, 0) is 31.5 Å². The van der Waals surface area contributed by atoms with Crippen LogP contribution in [0.15, 0.2) is 46.3 Å². The normalized spacial score (nSPS) is 11.8. The second-order valence-electron chi connectivity index (χ2n) is 6.29. The molecular weight excluding hydrogens is 370 g/mol. The van der Waals surface area contributed by atoms with Gasteiger partial charge in [-0.3, -0.25) is 14.0 Å². The summed E-state index contributed by atoms with van der Waals surface area (Å²) in [5, 5.41) is 9.90. The Kier molecular flexibility index (Phi) is 5.08. The van der Waals surface area contributed by atoms with E-state index in [1.807, 2.05) is 0 Å². The molecule has 3 rings (SSSR count). The Morgan fingerprint density at radius 2 is 1.93 bits per heavy atom. The van der Waals surface area contributed by atoms with E-state index in [1.54, 1.807) is 32.2 Å². The van der Waals surface area contributed by atoms with Crippen LogP contribution in [0.5, 0.6) is 0 Å². The largest absolute Gasteiger partial charge is 0.348 e. The molecule has 2 N–H and O–H groups in total. The maximum atomic E-state index is 12.1. The number of aromatic nitrogens is 4. The van der Waals surface area contributed by atoms with Crippen molar-refractivity contribution in [1.29, 1.82) is 0 Å². The zero-order valence-electron chi connectivity index (χ0n) is 14.8. The Morgan fingerprint density at radius 3 is 2.59 bits per heavy atom. The van der Waals surface area contributed by atoms with Crippen molar-refractivity contribution in [3.8, 4) is 0 Å². The Morgan fingerprint density at radius 1 is 1.22 bits per heavy atom. The molecule has 10 heteroatoms. The van der Waals surface area contributed by atoms with Crippen LogP contribution < -0.4 is 10.9 Å². The topological polar surface area (TPSA) is 126 Å². The molecule has 0 unspecified atom stereocenters. The average molecular weight is 389 g/mol. The Labute approximate surface area is 155 Å². The van der Waals surface area contributed by atoms with Gasteiger partial charge in [0.25, 0.3) is 5.56 Å². The molecular formula is C17H19N5O4S. The molecule has 142 valence electrons. The molecule has 0 aliphatic heterocycles. The molecule has 0 atom stereocenters. The number of nitrogens with one attached hydrogen (secondary N) is 2. The quantitative estimate of drug-likeness (QED) is 0.631. The van der Waals surface area contributed by atoms with Crippen LogP contribution in [0, 0.1) is 0 Å². The smallest absolute Gasteiger partial charge is 0.293 e. The lowest BCUT2D eigenvalue weighted by Crippen LogP contribution is -2.25. The van der Waals surface area contributed by atoms with Crippen molar-refractivity contribution in [2.45, 2.75) is 37.0 Å². The minimum atomic E-state index is -3.33. The number of nitrogens with zero attached hydrogens (tertiary/aromatic N) is 3. The maximum Gasteiger partial charge on any atom is 0.293 e. The van der Waals surface area contributed by atoms with E-state index in [1.165, 1.54) is 22.7 Å². The molecule has 0 spiro atoms. The molecule has 1 amide bonds. The third-order valence-electron chi connectivity index (χ3n) is 4.09. The van der Waals surface area contributed by atoms with E-state index in [-0.39, 0.29) is 35.0 Å². The lowest BCUT2D eigenvalue weighted by atomic mass is 10.1. The van der Waals surface area contributed by atoms with E-state index >= 15 is 0 Å². The third kappa shape index (κ3) is 3.90. The number of hydrogen-bond acceptors (Lipinski definition) is 6. The average Bonchev–Trinajstić information content (AvgIpc) is 3.05. The Bertz CT molecular complexity index is 1130. The van der Waals surface area contributed by atoms with Crippen LogP contribution in [0.1, 0.15) is 25.2 Å². The van der Waals surface area contributed by atoms with Gasteiger partial charge in [0.2, 0.25) is 11.6 Å². The Balaban J connectivity index is 1.64.